The molecule has 3 rings (SSSR count). The number of carbonyl (C=O) groups excluding carboxylic acids is 1. The number of carbonyl (C=O) groups is 2. The zero-order valence-corrected chi connectivity index (χ0v) is 20.2. The molecule has 2 atom stereocenters. The number of hydrogen-bond donors (Lipinski definition) is 4. The number of methoxy groups -OCH3 is 1. The van der Waals surface area contributed by atoms with Crippen molar-refractivity contribution in [2.24, 2.45) is 0 Å². The molecule has 2 amide bonds. The SMILES string of the molecule is COCCN(CCCCc1ccc2c(n1)NCCC2)CC[C@H](NC(=O)N1CC[C@@H](O)C1)C(=O)O. The van der Waals surface area contributed by atoms with Crippen molar-refractivity contribution in [3.8, 4) is 0 Å². The lowest BCUT2D eigenvalue weighted by molar-refractivity contribution is -0.139. The minimum absolute atomic E-state index is 0.243. The van der Waals surface area contributed by atoms with Crippen LogP contribution in [0, 0.1) is 0 Å². The number of pyridine rings is 1. The van der Waals surface area contributed by atoms with E-state index in [2.05, 4.69) is 27.7 Å². The number of anilines is 1. The number of aliphatic hydroxyl groups excluding tert-OH is 1. The third-order valence-corrected chi connectivity index (χ3v) is 6.50. The molecule has 1 aromatic heterocycles. The Morgan fingerprint density at radius 1 is 1.32 bits per heavy atom. The Morgan fingerprint density at radius 2 is 2.18 bits per heavy atom. The molecule has 0 saturated carbocycles. The first-order valence-electron chi connectivity index (χ1n) is 12.4. The van der Waals surface area contributed by atoms with Crippen LogP contribution in [-0.2, 0) is 22.4 Å². The van der Waals surface area contributed by atoms with Crippen LogP contribution in [0.2, 0.25) is 0 Å². The molecule has 2 aliphatic rings. The second kappa shape index (κ2) is 13.5. The molecular formula is C24H39N5O5. The van der Waals surface area contributed by atoms with E-state index in [1.165, 1.54) is 10.5 Å². The first-order chi connectivity index (χ1) is 16.5. The smallest absolute Gasteiger partial charge is 0.326 e. The molecule has 1 fully saturated rings. The van der Waals surface area contributed by atoms with Gasteiger partial charge in [0.15, 0.2) is 0 Å². The quantitative estimate of drug-likeness (QED) is 0.314. The van der Waals surface area contributed by atoms with E-state index in [1.54, 1.807) is 7.11 Å². The molecule has 0 aliphatic carbocycles. The Balaban J connectivity index is 1.43. The second-order valence-corrected chi connectivity index (χ2v) is 9.15. The van der Waals surface area contributed by atoms with Gasteiger partial charge in [0, 0.05) is 45.5 Å². The van der Waals surface area contributed by atoms with E-state index in [1.807, 2.05) is 0 Å². The summed E-state index contributed by atoms with van der Waals surface area (Å²) in [5, 5.41) is 25.2. The van der Waals surface area contributed by atoms with Crippen LogP contribution in [-0.4, -0.2) is 102 Å². The highest BCUT2D eigenvalue weighted by molar-refractivity contribution is 5.82. The van der Waals surface area contributed by atoms with Gasteiger partial charge in [0.2, 0.25) is 0 Å². The predicted octanol–water partition coefficient (Wildman–Crippen LogP) is 1.33. The van der Waals surface area contributed by atoms with Gasteiger partial charge in [0.05, 0.1) is 12.7 Å². The number of carboxylic acids is 1. The highest BCUT2D eigenvalue weighted by Crippen LogP contribution is 2.20. The van der Waals surface area contributed by atoms with Gasteiger partial charge < -0.3 is 35.4 Å². The number of urea groups is 1. The summed E-state index contributed by atoms with van der Waals surface area (Å²) in [5.74, 6) is -0.0254. The van der Waals surface area contributed by atoms with E-state index in [9.17, 15) is 19.8 Å². The molecular weight excluding hydrogens is 438 g/mol. The molecule has 1 saturated heterocycles. The van der Waals surface area contributed by atoms with Gasteiger partial charge in [-0.2, -0.15) is 0 Å². The molecule has 34 heavy (non-hydrogen) atoms. The summed E-state index contributed by atoms with van der Waals surface area (Å²) in [4.78, 5) is 32.5. The van der Waals surface area contributed by atoms with Gasteiger partial charge >= 0.3 is 12.0 Å². The van der Waals surface area contributed by atoms with Crippen molar-refractivity contribution in [3.05, 3.63) is 23.4 Å². The fraction of sp³-hybridized carbons (Fsp3) is 0.708. The van der Waals surface area contributed by atoms with Crippen molar-refractivity contribution < 1.29 is 24.5 Å². The van der Waals surface area contributed by atoms with Gasteiger partial charge in [0.1, 0.15) is 11.9 Å². The summed E-state index contributed by atoms with van der Waals surface area (Å²) in [7, 11) is 1.65. The number of aromatic nitrogens is 1. The lowest BCUT2D eigenvalue weighted by Crippen LogP contribution is -2.48. The first-order valence-corrected chi connectivity index (χ1v) is 12.4. The maximum atomic E-state index is 12.4. The predicted molar refractivity (Wildman–Crippen MR) is 129 cm³/mol. The van der Waals surface area contributed by atoms with E-state index in [0.29, 0.717) is 39.1 Å². The number of fused-ring (bicyclic) bond motifs is 1. The van der Waals surface area contributed by atoms with Crippen molar-refractivity contribution in [3.63, 3.8) is 0 Å². The van der Waals surface area contributed by atoms with Crippen molar-refractivity contribution in [1.29, 1.82) is 0 Å². The van der Waals surface area contributed by atoms with E-state index in [4.69, 9.17) is 9.72 Å². The maximum absolute atomic E-state index is 12.4. The van der Waals surface area contributed by atoms with E-state index in [-0.39, 0.29) is 6.54 Å². The fourth-order valence-corrected chi connectivity index (χ4v) is 4.44. The molecule has 4 N–H and O–H groups in total. The molecule has 1 aromatic rings. The Kier molecular flexibility index (Phi) is 10.4. The standard InChI is InChI=1S/C24H39N5O5/c1-34-16-15-28(12-3-2-6-19-8-7-18-5-4-11-25-22(18)26-19)13-10-21(23(31)32)27-24(33)29-14-9-20(30)17-29/h7-8,20-21,30H,2-6,9-17H2,1H3,(H,25,26)(H,27,33)(H,31,32)/t20-,21+/m1/s1. The van der Waals surface area contributed by atoms with E-state index in [0.717, 1.165) is 56.7 Å². The number of aliphatic carboxylic acids is 1. The highest BCUT2D eigenvalue weighted by atomic mass is 16.5. The number of ether oxygens (including phenoxy) is 1. The summed E-state index contributed by atoms with van der Waals surface area (Å²) in [6.07, 6.45) is 5.39. The maximum Gasteiger partial charge on any atom is 0.326 e. The summed E-state index contributed by atoms with van der Waals surface area (Å²) in [6, 6.07) is 2.90. The van der Waals surface area contributed by atoms with Crippen LogP contribution in [0.25, 0.3) is 0 Å². The van der Waals surface area contributed by atoms with Crippen LogP contribution < -0.4 is 10.6 Å². The molecule has 3 heterocycles. The summed E-state index contributed by atoms with van der Waals surface area (Å²) in [6.45, 7) is 4.30. The van der Waals surface area contributed by atoms with Gasteiger partial charge in [-0.1, -0.05) is 6.07 Å². The molecule has 190 valence electrons. The molecule has 10 nitrogen and oxygen atoms in total. The lowest BCUT2D eigenvalue weighted by Gasteiger charge is -2.25. The Morgan fingerprint density at radius 3 is 2.91 bits per heavy atom. The Labute approximate surface area is 201 Å². The van der Waals surface area contributed by atoms with Crippen LogP contribution in [0.15, 0.2) is 12.1 Å². The minimum atomic E-state index is -1.05. The molecule has 0 bridgehead atoms. The monoisotopic (exact) mass is 477 g/mol. The fourth-order valence-electron chi connectivity index (χ4n) is 4.44. The van der Waals surface area contributed by atoms with E-state index >= 15 is 0 Å². The Bertz CT molecular complexity index is 808. The largest absolute Gasteiger partial charge is 0.480 e. The van der Waals surface area contributed by atoms with E-state index < -0.39 is 24.1 Å². The third-order valence-electron chi connectivity index (χ3n) is 6.50. The van der Waals surface area contributed by atoms with Gasteiger partial charge in [0.25, 0.3) is 0 Å². The minimum Gasteiger partial charge on any atom is -0.480 e. The van der Waals surface area contributed by atoms with Crippen molar-refractivity contribution in [2.75, 3.05) is 58.3 Å². The summed E-state index contributed by atoms with van der Waals surface area (Å²) >= 11 is 0. The summed E-state index contributed by atoms with van der Waals surface area (Å²) in [5.41, 5.74) is 2.39. The molecule has 10 heteroatoms. The zero-order chi connectivity index (χ0) is 24.3. The van der Waals surface area contributed by atoms with Gasteiger partial charge in [-0.3, -0.25) is 0 Å². The molecule has 0 unspecified atom stereocenters. The van der Waals surface area contributed by atoms with Crippen molar-refractivity contribution >= 4 is 17.8 Å². The normalized spacial score (nSPS) is 18.4. The molecule has 0 spiro atoms. The number of aryl methyl sites for hydroxylation is 2. The average molecular weight is 478 g/mol. The van der Waals surface area contributed by atoms with Gasteiger partial charge in [-0.15, -0.1) is 0 Å². The summed E-state index contributed by atoms with van der Waals surface area (Å²) < 4.78 is 5.22. The van der Waals surface area contributed by atoms with Crippen molar-refractivity contribution in [1.82, 2.24) is 20.1 Å². The number of hydrogen-bond acceptors (Lipinski definition) is 7. The van der Waals surface area contributed by atoms with Crippen LogP contribution in [0.5, 0.6) is 0 Å². The Hall–Kier alpha value is -2.43. The molecule has 0 aromatic carbocycles. The van der Waals surface area contributed by atoms with Gasteiger partial charge in [-0.25, -0.2) is 14.6 Å². The van der Waals surface area contributed by atoms with Crippen LogP contribution in [0.1, 0.15) is 43.4 Å². The number of unbranched alkanes of at least 4 members (excludes halogenated alkanes) is 1. The number of nitrogens with one attached hydrogen (secondary N) is 2. The third kappa shape index (κ3) is 8.11. The number of rotatable bonds is 13. The van der Waals surface area contributed by atoms with Crippen LogP contribution >= 0.6 is 0 Å². The number of nitrogens with zero attached hydrogens (tertiary/aromatic N) is 3. The van der Waals surface area contributed by atoms with Crippen molar-refractivity contribution in [2.45, 2.75) is 57.1 Å². The number of amides is 2. The topological polar surface area (TPSA) is 127 Å². The van der Waals surface area contributed by atoms with Gasteiger partial charge in [-0.05, 0) is 63.1 Å². The number of aliphatic hydroxyl groups is 1. The average Bonchev–Trinajstić information content (AvgIpc) is 3.28. The van der Waals surface area contributed by atoms with Crippen LogP contribution in [0.4, 0.5) is 10.6 Å². The molecule has 0 radical (unpaired) electrons. The lowest BCUT2D eigenvalue weighted by atomic mass is 10.1. The number of likely N-dealkylation sites (tertiary alicyclic amines) is 1. The highest BCUT2D eigenvalue weighted by Gasteiger charge is 2.28. The first kappa shape index (κ1) is 26.2. The zero-order valence-electron chi connectivity index (χ0n) is 20.2. The second-order valence-electron chi connectivity index (χ2n) is 9.15. The molecule has 2 aliphatic heterocycles. The van der Waals surface area contributed by atoms with Crippen LogP contribution in [0.3, 0.4) is 0 Å². The number of β-amino-alcohol motifs (C(OH)–C–C–N with tert-alkyl or cyclic N) is 1. The number of carboxylic acid groups (broad SMARTS) is 1.